The Morgan fingerprint density at radius 2 is 1.56 bits per heavy atom. The zero-order valence-electron chi connectivity index (χ0n) is 21.4. The number of hydrogen-bond donors (Lipinski definition) is 2. The lowest BCUT2D eigenvalue weighted by Crippen LogP contribution is -2.67. The number of fused-ring (bicyclic) bond motifs is 1. The molecule has 1 unspecified atom stereocenters. The highest BCUT2D eigenvalue weighted by molar-refractivity contribution is 6.99. The van der Waals surface area contributed by atoms with E-state index in [0.717, 1.165) is 27.0 Å². The van der Waals surface area contributed by atoms with E-state index in [4.69, 9.17) is 4.43 Å². The van der Waals surface area contributed by atoms with Crippen LogP contribution in [0.5, 0.6) is 0 Å². The Morgan fingerprint density at radius 1 is 0.944 bits per heavy atom. The molecule has 0 aliphatic rings. The summed E-state index contributed by atoms with van der Waals surface area (Å²) in [5, 5.41) is 5.70. The number of aromatic amines is 1. The molecule has 0 saturated carbocycles. The molecule has 2 heterocycles. The number of H-pyrrole nitrogens is 1. The minimum absolute atomic E-state index is 0.135. The first kappa shape index (κ1) is 26.2. The van der Waals surface area contributed by atoms with Crippen LogP contribution in [0.1, 0.15) is 33.3 Å². The Morgan fingerprint density at radius 3 is 2.14 bits per heavy atom. The van der Waals surface area contributed by atoms with Crippen LogP contribution in [0.4, 0.5) is 8.78 Å². The van der Waals surface area contributed by atoms with E-state index in [2.05, 4.69) is 36.1 Å². The minimum Gasteiger partial charge on any atom is -0.401 e. The second-order valence-electron chi connectivity index (χ2n) is 10.5. The maximum atomic E-state index is 15.3. The number of benzene rings is 2. The molecule has 2 aromatic carbocycles. The van der Waals surface area contributed by atoms with Gasteiger partial charge in [-0.3, -0.25) is 0 Å². The van der Waals surface area contributed by atoms with Crippen LogP contribution < -0.4 is 15.7 Å². The highest BCUT2D eigenvalue weighted by atomic mass is 28.4. The lowest BCUT2D eigenvalue weighted by Gasteiger charge is -2.43. The van der Waals surface area contributed by atoms with Crippen molar-refractivity contribution in [2.75, 3.05) is 13.2 Å². The summed E-state index contributed by atoms with van der Waals surface area (Å²) in [6, 6.07) is 23.5. The topological polar surface area (TPSA) is 49.9 Å². The third kappa shape index (κ3) is 5.58. The molecule has 1 atom stereocenters. The van der Waals surface area contributed by atoms with Gasteiger partial charge in [0.1, 0.15) is 5.65 Å². The summed E-state index contributed by atoms with van der Waals surface area (Å²) in [5.74, 6) is -3.02. The zero-order chi connectivity index (χ0) is 25.8. The van der Waals surface area contributed by atoms with Gasteiger partial charge in [-0.25, -0.2) is 13.8 Å². The van der Waals surface area contributed by atoms with Gasteiger partial charge in [0.2, 0.25) is 0 Å². The number of rotatable bonds is 10. The van der Waals surface area contributed by atoms with Crippen molar-refractivity contribution in [1.29, 1.82) is 0 Å². The van der Waals surface area contributed by atoms with Crippen LogP contribution in [0.2, 0.25) is 5.04 Å². The standard InChI is InChI=1S/C29H35F2N3OSi/c1-22(19-23-15-17-32-27-26(23)16-18-33-27)34-20-29(30,31)21-35-36(28(2,3)4,24-11-7-5-8-12-24)25-13-9-6-10-14-25/h5-18,22,34H,19-21H2,1-4H3,(H,32,33). The van der Waals surface area contributed by atoms with Crippen LogP contribution in [-0.4, -0.2) is 43.4 Å². The Kier molecular flexibility index (Phi) is 7.73. The molecule has 0 fully saturated rings. The molecule has 0 spiro atoms. The molecule has 4 aromatic rings. The quantitative estimate of drug-likeness (QED) is 0.287. The molecule has 2 aromatic heterocycles. The Balaban J connectivity index is 1.50. The molecule has 4 nitrogen and oxygen atoms in total. The fraction of sp³-hybridized carbons (Fsp3) is 0.345. The van der Waals surface area contributed by atoms with E-state index in [-0.39, 0.29) is 11.1 Å². The van der Waals surface area contributed by atoms with E-state index in [9.17, 15) is 0 Å². The van der Waals surface area contributed by atoms with Crippen molar-refractivity contribution in [1.82, 2.24) is 15.3 Å². The molecule has 0 aliphatic heterocycles. The highest BCUT2D eigenvalue weighted by Gasteiger charge is 2.51. The first-order valence-electron chi connectivity index (χ1n) is 12.4. The van der Waals surface area contributed by atoms with Crippen molar-refractivity contribution in [2.45, 2.75) is 51.1 Å². The van der Waals surface area contributed by atoms with Gasteiger partial charge in [0.15, 0.2) is 0 Å². The number of aromatic nitrogens is 2. The average Bonchev–Trinajstić information content (AvgIpc) is 3.34. The normalized spacial score (nSPS) is 13.7. The molecule has 7 heteroatoms. The monoisotopic (exact) mass is 507 g/mol. The SMILES string of the molecule is CC(Cc1ccnc2[nH]ccc12)NCC(F)(F)CO[Si](c1ccccc1)(c1ccccc1)C(C)(C)C. The first-order valence-corrected chi connectivity index (χ1v) is 14.3. The van der Waals surface area contributed by atoms with Gasteiger partial charge < -0.3 is 14.7 Å². The van der Waals surface area contributed by atoms with E-state index in [1.165, 1.54) is 0 Å². The number of pyridine rings is 1. The van der Waals surface area contributed by atoms with E-state index in [1.54, 1.807) is 6.20 Å². The molecule has 0 aliphatic carbocycles. The number of nitrogens with zero attached hydrogens (tertiary/aromatic N) is 1. The fourth-order valence-electron chi connectivity index (χ4n) is 4.95. The molecule has 36 heavy (non-hydrogen) atoms. The predicted molar refractivity (Wildman–Crippen MR) is 146 cm³/mol. The zero-order valence-corrected chi connectivity index (χ0v) is 22.4. The molecular weight excluding hydrogens is 472 g/mol. The van der Waals surface area contributed by atoms with Gasteiger partial charge in [-0.1, -0.05) is 81.4 Å². The second kappa shape index (κ2) is 10.6. The van der Waals surface area contributed by atoms with Gasteiger partial charge >= 0.3 is 0 Å². The van der Waals surface area contributed by atoms with E-state index >= 15 is 8.78 Å². The Hall–Kier alpha value is -2.87. The third-order valence-electron chi connectivity index (χ3n) is 6.70. The minimum atomic E-state index is -3.02. The molecular formula is C29H35F2N3OSi. The van der Waals surface area contributed by atoms with Crippen molar-refractivity contribution >= 4 is 29.7 Å². The Labute approximate surface area is 213 Å². The van der Waals surface area contributed by atoms with Crippen molar-refractivity contribution in [2.24, 2.45) is 0 Å². The number of alkyl halides is 2. The van der Waals surface area contributed by atoms with Gasteiger partial charge in [0.05, 0.1) is 13.2 Å². The summed E-state index contributed by atoms with van der Waals surface area (Å²) in [6.45, 7) is 7.11. The average molecular weight is 508 g/mol. The summed E-state index contributed by atoms with van der Waals surface area (Å²) in [4.78, 5) is 7.40. The van der Waals surface area contributed by atoms with Crippen LogP contribution in [0, 0.1) is 0 Å². The van der Waals surface area contributed by atoms with Crippen LogP contribution in [0.15, 0.2) is 85.2 Å². The van der Waals surface area contributed by atoms with E-state index < -0.39 is 27.4 Å². The van der Waals surface area contributed by atoms with Crippen LogP contribution >= 0.6 is 0 Å². The van der Waals surface area contributed by atoms with Crippen molar-refractivity contribution < 1.29 is 13.2 Å². The van der Waals surface area contributed by atoms with Gasteiger partial charge in [-0.15, -0.1) is 0 Å². The van der Waals surface area contributed by atoms with E-state index in [0.29, 0.717) is 6.42 Å². The second-order valence-corrected chi connectivity index (χ2v) is 14.8. The van der Waals surface area contributed by atoms with Crippen molar-refractivity contribution in [3.63, 3.8) is 0 Å². The number of halogens is 2. The van der Waals surface area contributed by atoms with Gasteiger partial charge in [0.25, 0.3) is 14.2 Å². The molecule has 0 radical (unpaired) electrons. The molecule has 0 bridgehead atoms. The van der Waals surface area contributed by atoms with Crippen molar-refractivity contribution in [3.8, 4) is 0 Å². The summed E-state index contributed by atoms with van der Waals surface area (Å²) in [6.07, 6.45) is 4.21. The molecule has 0 amide bonds. The predicted octanol–water partition coefficient (Wildman–Crippen LogP) is 5.30. The summed E-state index contributed by atoms with van der Waals surface area (Å²) < 4.78 is 37.1. The summed E-state index contributed by atoms with van der Waals surface area (Å²) >= 11 is 0. The largest absolute Gasteiger partial charge is 0.401 e. The van der Waals surface area contributed by atoms with Gasteiger partial charge in [-0.05, 0) is 46.5 Å². The smallest absolute Gasteiger partial charge is 0.281 e. The molecule has 4 rings (SSSR count). The maximum Gasteiger partial charge on any atom is 0.281 e. The molecule has 0 saturated heterocycles. The van der Waals surface area contributed by atoms with Crippen LogP contribution in [-0.2, 0) is 10.8 Å². The lowest BCUT2D eigenvalue weighted by molar-refractivity contribution is -0.0433. The lowest BCUT2D eigenvalue weighted by atomic mass is 10.1. The summed E-state index contributed by atoms with van der Waals surface area (Å²) in [5.41, 5.74) is 1.89. The molecule has 190 valence electrons. The number of nitrogens with one attached hydrogen (secondary N) is 2. The highest BCUT2D eigenvalue weighted by Crippen LogP contribution is 2.37. The molecule has 2 N–H and O–H groups in total. The van der Waals surface area contributed by atoms with E-state index in [1.807, 2.05) is 85.9 Å². The van der Waals surface area contributed by atoms with Crippen molar-refractivity contribution in [3.05, 3.63) is 90.8 Å². The number of hydrogen-bond acceptors (Lipinski definition) is 3. The van der Waals surface area contributed by atoms with Crippen LogP contribution in [0.25, 0.3) is 11.0 Å². The van der Waals surface area contributed by atoms with Crippen LogP contribution in [0.3, 0.4) is 0 Å². The fourth-order valence-corrected chi connectivity index (χ4v) is 9.53. The Bertz CT molecular complexity index is 1220. The third-order valence-corrected chi connectivity index (χ3v) is 11.7. The summed E-state index contributed by atoms with van der Waals surface area (Å²) in [7, 11) is -3.02. The maximum absolute atomic E-state index is 15.3. The van der Waals surface area contributed by atoms with Gasteiger partial charge in [-0.2, -0.15) is 0 Å². The first-order chi connectivity index (χ1) is 17.1. The van der Waals surface area contributed by atoms with Gasteiger partial charge in [0, 0.05) is 23.8 Å².